The molecule has 0 radical (unpaired) electrons. The molecule has 0 bridgehead atoms. The standard InChI is InChI=1S/C15H13N3O2/c1-10-9-11(7-8-13(10)18(19)20)15-16-12-5-3-4-6-14(12)17(15)2/h3-9H,1-2H3. The van der Waals surface area contributed by atoms with Crippen LogP contribution in [0.3, 0.4) is 0 Å². The van der Waals surface area contributed by atoms with Gasteiger partial charge in [0.25, 0.3) is 5.69 Å². The van der Waals surface area contributed by atoms with E-state index in [0.717, 1.165) is 22.4 Å². The second-order valence-corrected chi connectivity index (χ2v) is 4.74. The fourth-order valence-corrected chi connectivity index (χ4v) is 2.40. The number of nitro groups is 1. The van der Waals surface area contributed by atoms with Crippen LogP contribution < -0.4 is 0 Å². The number of rotatable bonds is 2. The molecule has 0 aliphatic carbocycles. The van der Waals surface area contributed by atoms with E-state index in [2.05, 4.69) is 4.98 Å². The van der Waals surface area contributed by atoms with Crippen molar-refractivity contribution in [2.45, 2.75) is 6.92 Å². The van der Waals surface area contributed by atoms with Gasteiger partial charge in [0.15, 0.2) is 0 Å². The minimum Gasteiger partial charge on any atom is -0.327 e. The summed E-state index contributed by atoms with van der Waals surface area (Å²) in [6.07, 6.45) is 0. The molecule has 0 amide bonds. The quantitative estimate of drug-likeness (QED) is 0.527. The number of hydrogen-bond donors (Lipinski definition) is 0. The Balaban J connectivity index is 2.18. The lowest BCUT2D eigenvalue weighted by molar-refractivity contribution is -0.385. The van der Waals surface area contributed by atoms with E-state index in [9.17, 15) is 10.1 Å². The van der Waals surface area contributed by atoms with Gasteiger partial charge < -0.3 is 4.57 Å². The maximum Gasteiger partial charge on any atom is 0.272 e. The number of aryl methyl sites for hydroxylation is 2. The van der Waals surface area contributed by atoms with Crippen molar-refractivity contribution in [3.8, 4) is 11.4 Å². The Morgan fingerprint density at radius 3 is 2.60 bits per heavy atom. The first-order valence-corrected chi connectivity index (χ1v) is 6.25. The van der Waals surface area contributed by atoms with E-state index in [0.29, 0.717) is 5.56 Å². The van der Waals surface area contributed by atoms with E-state index < -0.39 is 0 Å². The molecule has 5 nitrogen and oxygen atoms in total. The molecule has 0 saturated carbocycles. The predicted octanol–water partition coefficient (Wildman–Crippen LogP) is 3.46. The molecule has 0 atom stereocenters. The molecular weight excluding hydrogens is 254 g/mol. The van der Waals surface area contributed by atoms with Crippen LogP contribution in [0.15, 0.2) is 42.5 Å². The maximum atomic E-state index is 10.9. The second-order valence-electron chi connectivity index (χ2n) is 4.74. The third kappa shape index (κ3) is 1.84. The Morgan fingerprint density at radius 2 is 1.95 bits per heavy atom. The number of benzene rings is 2. The van der Waals surface area contributed by atoms with Crippen molar-refractivity contribution in [2.24, 2.45) is 7.05 Å². The average Bonchev–Trinajstić information content (AvgIpc) is 2.76. The van der Waals surface area contributed by atoms with E-state index in [1.54, 1.807) is 19.1 Å². The third-order valence-corrected chi connectivity index (χ3v) is 3.44. The Bertz CT molecular complexity index is 821. The van der Waals surface area contributed by atoms with Crippen LogP contribution in [0.1, 0.15) is 5.56 Å². The van der Waals surface area contributed by atoms with Crippen LogP contribution in [0.4, 0.5) is 5.69 Å². The van der Waals surface area contributed by atoms with Crippen molar-refractivity contribution in [3.63, 3.8) is 0 Å². The summed E-state index contributed by atoms with van der Waals surface area (Å²) < 4.78 is 2.00. The van der Waals surface area contributed by atoms with Crippen molar-refractivity contribution >= 4 is 16.7 Å². The summed E-state index contributed by atoms with van der Waals surface area (Å²) in [6.45, 7) is 1.74. The van der Waals surface area contributed by atoms with Crippen LogP contribution in [-0.2, 0) is 7.05 Å². The molecule has 0 N–H and O–H groups in total. The largest absolute Gasteiger partial charge is 0.327 e. The van der Waals surface area contributed by atoms with Gasteiger partial charge in [-0.1, -0.05) is 12.1 Å². The number of nitrogens with zero attached hydrogens (tertiary/aromatic N) is 3. The summed E-state index contributed by atoms with van der Waals surface area (Å²) in [7, 11) is 1.95. The summed E-state index contributed by atoms with van der Waals surface area (Å²) in [5.41, 5.74) is 3.61. The lowest BCUT2D eigenvalue weighted by Crippen LogP contribution is -1.95. The van der Waals surface area contributed by atoms with Crippen molar-refractivity contribution in [3.05, 3.63) is 58.1 Å². The lowest BCUT2D eigenvalue weighted by Gasteiger charge is -2.04. The van der Waals surface area contributed by atoms with Crippen LogP contribution in [0, 0.1) is 17.0 Å². The molecule has 0 spiro atoms. The highest BCUT2D eigenvalue weighted by Crippen LogP contribution is 2.27. The van der Waals surface area contributed by atoms with Gasteiger partial charge in [0.05, 0.1) is 16.0 Å². The van der Waals surface area contributed by atoms with Gasteiger partial charge in [-0.2, -0.15) is 0 Å². The van der Waals surface area contributed by atoms with Gasteiger partial charge in [-0.3, -0.25) is 10.1 Å². The fraction of sp³-hybridized carbons (Fsp3) is 0.133. The van der Waals surface area contributed by atoms with Crippen molar-refractivity contribution < 1.29 is 4.92 Å². The van der Waals surface area contributed by atoms with E-state index >= 15 is 0 Å². The molecule has 3 rings (SSSR count). The zero-order valence-corrected chi connectivity index (χ0v) is 11.2. The fourth-order valence-electron chi connectivity index (χ4n) is 2.40. The summed E-state index contributed by atoms with van der Waals surface area (Å²) >= 11 is 0. The molecule has 3 aromatic rings. The Morgan fingerprint density at radius 1 is 1.20 bits per heavy atom. The smallest absolute Gasteiger partial charge is 0.272 e. The number of fused-ring (bicyclic) bond motifs is 1. The molecular formula is C15H13N3O2. The third-order valence-electron chi connectivity index (χ3n) is 3.44. The minimum atomic E-state index is -0.367. The first kappa shape index (κ1) is 12.3. The highest BCUT2D eigenvalue weighted by Gasteiger charge is 2.14. The molecule has 1 heterocycles. The summed E-state index contributed by atoms with van der Waals surface area (Å²) in [5.74, 6) is 0.809. The van der Waals surface area contributed by atoms with Gasteiger partial charge >= 0.3 is 0 Å². The maximum absolute atomic E-state index is 10.9. The average molecular weight is 267 g/mol. The molecule has 0 aliphatic rings. The molecule has 5 heteroatoms. The van der Waals surface area contributed by atoms with Gasteiger partial charge in [-0.15, -0.1) is 0 Å². The van der Waals surface area contributed by atoms with E-state index in [1.165, 1.54) is 6.07 Å². The summed E-state index contributed by atoms with van der Waals surface area (Å²) in [6, 6.07) is 13.0. The number of nitro benzene ring substituents is 1. The van der Waals surface area contributed by atoms with Crippen molar-refractivity contribution in [2.75, 3.05) is 0 Å². The first-order chi connectivity index (χ1) is 9.58. The topological polar surface area (TPSA) is 61.0 Å². The van der Waals surface area contributed by atoms with Gasteiger partial charge in [0.2, 0.25) is 0 Å². The van der Waals surface area contributed by atoms with Gasteiger partial charge in [0.1, 0.15) is 5.82 Å². The molecule has 0 unspecified atom stereocenters. The van der Waals surface area contributed by atoms with Gasteiger partial charge in [-0.25, -0.2) is 4.98 Å². The molecule has 20 heavy (non-hydrogen) atoms. The number of imidazole rings is 1. The zero-order valence-electron chi connectivity index (χ0n) is 11.2. The summed E-state index contributed by atoms with van der Waals surface area (Å²) in [5, 5.41) is 10.9. The van der Waals surface area contributed by atoms with Crippen LogP contribution in [0.5, 0.6) is 0 Å². The van der Waals surface area contributed by atoms with Crippen LogP contribution in [0.2, 0.25) is 0 Å². The first-order valence-electron chi connectivity index (χ1n) is 6.25. The molecule has 1 aromatic heterocycles. The second kappa shape index (κ2) is 4.45. The normalized spacial score (nSPS) is 10.9. The van der Waals surface area contributed by atoms with E-state index in [1.807, 2.05) is 35.9 Å². The Labute approximate surface area is 115 Å². The summed E-state index contributed by atoms with van der Waals surface area (Å²) in [4.78, 5) is 15.1. The highest BCUT2D eigenvalue weighted by atomic mass is 16.6. The Kier molecular flexibility index (Phi) is 2.75. The van der Waals surface area contributed by atoms with Crippen LogP contribution in [-0.4, -0.2) is 14.5 Å². The predicted molar refractivity (Wildman–Crippen MR) is 77.5 cm³/mol. The minimum absolute atomic E-state index is 0.132. The number of hydrogen-bond acceptors (Lipinski definition) is 3. The monoisotopic (exact) mass is 267 g/mol. The van der Waals surface area contributed by atoms with Gasteiger partial charge in [-0.05, 0) is 31.2 Å². The van der Waals surface area contributed by atoms with Crippen LogP contribution in [0.25, 0.3) is 22.4 Å². The molecule has 0 fully saturated rings. The Hall–Kier alpha value is -2.69. The molecule has 0 saturated heterocycles. The van der Waals surface area contributed by atoms with Crippen molar-refractivity contribution in [1.82, 2.24) is 9.55 Å². The number of aromatic nitrogens is 2. The molecule has 2 aromatic carbocycles. The molecule has 0 aliphatic heterocycles. The highest BCUT2D eigenvalue weighted by molar-refractivity contribution is 5.80. The zero-order chi connectivity index (χ0) is 14.3. The SMILES string of the molecule is Cc1cc(-c2nc3ccccc3n2C)ccc1[N+](=O)[O-]. The van der Waals surface area contributed by atoms with Crippen LogP contribution >= 0.6 is 0 Å². The lowest BCUT2D eigenvalue weighted by atomic mass is 10.1. The van der Waals surface area contributed by atoms with E-state index in [-0.39, 0.29) is 10.6 Å². The van der Waals surface area contributed by atoms with Crippen molar-refractivity contribution in [1.29, 1.82) is 0 Å². The van der Waals surface area contributed by atoms with E-state index in [4.69, 9.17) is 0 Å². The molecule has 100 valence electrons. The van der Waals surface area contributed by atoms with Gasteiger partial charge in [0, 0.05) is 24.2 Å². The number of para-hydroxylation sites is 2.